The molecule has 1 saturated carbocycles. The van der Waals surface area contributed by atoms with E-state index in [0.29, 0.717) is 5.92 Å². The Labute approximate surface area is 136 Å². The molecule has 124 valence electrons. The largest absolute Gasteiger partial charge is 0.418 e. The Hall–Kier alpha value is -0.950. The van der Waals surface area contributed by atoms with Crippen LogP contribution in [0.1, 0.15) is 38.4 Å². The first-order valence-corrected chi connectivity index (χ1v) is 7.72. The molecule has 0 spiro atoms. The summed E-state index contributed by atoms with van der Waals surface area (Å²) in [5, 5.41) is 11.7. The summed E-state index contributed by atoms with van der Waals surface area (Å²) in [4.78, 5) is 0. The van der Waals surface area contributed by atoms with Gasteiger partial charge in [-0.3, -0.25) is 0 Å². The van der Waals surface area contributed by atoms with Gasteiger partial charge in [-0.1, -0.05) is 25.4 Å². The van der Waals surface area contributed by atoms with Crippen LogP contribution in [-0.4, -0.2) is 11.3 Å². The van der Waals surface area contributed by atoms with Gasteiger partial charge in [0.2, 0.25) is 0 Å². The van der Waals surface area contributed by atoms with E-state index in [-0.39, 0.29) is 16.3 Å². The second-order valence-electron chi connectivity index (χ2n) is 4.26. The first-order valence-electron chi connectivity index (χ1n) is 6.76. The van der Waals surface area contributed by atoms with Gasteiger partial charge in [-0.2, -0.15) is 13.2 Å². The highest BCUT2D eigenvalue weighted by Crippen LogP contribution is 2.37. The van der Waals surface area contributed by atoms with Crippen molar-refractivity contribution in [3.63, 3.8) is 0 Å². The molecule has 1 fully saturated rings. The van der Waals surface area contributed by atoms with Crippen LogP contribution in [0.4, 0.5) is 18.9 Å². The summed E-state index contributed by atoms with van der Waals surface area (Å²) in [6.45, 7) is 4.00. The lowest BCUT2D eigenvalue weighted by Gasteiger charge is -2.18. The molecular formula is C15H20ClF3NOP. The van der Waals surface area contributed by atoms with E-state index in [0.717, 1.165) is 6.07 Å². The van der Waals surface area contributed by atoms with E-state index in [4.69, 9.17) is 23.1 Å². The molecule has 0 aliphatic heterocycles. The van der Waals surface area contributed by atoms with Crippen LogP contribution in [0.5, 0.6) is 0 Å². The van der Waals surface area contributed by atoms with Crippen LogP contribution >= 0.6 is 21.0 Å². The van der Waals surface area contributed by atoms with Gasteiger partial charge in [0, 0.05) is 22.2 Å². The number of hydrogen-bond donors (Lipinski definition) is 2. The maximum absolute atomic E-state index is 12.3. The van der Waals surface area contributed by atoms with E-state index in [2.05, 4.69) is 20.4 Å². The third kappa shape index (κ3) is 7.35. The van der Waals surface area contributed by atoms with Crippen molar-refractivity contribution < 1.29 is 18.3 Å². The summed E-state index contributed by atoms with van der Waals surface area (Å²) in [6.07, 6.45) is 0.283. The van der Waals surface area contributed by atoms with Crippen molar-refractivity contribution in [2.45, 2.75) is 39.0 Å². The van der Waals surface area contributed by atoms with Gasteiger partial charge in [-0.25, -0.2) is 0 Å². The SMILES string of the molecule is C#CC1CC1.CC.OC(c1cc(Cl)ccc1NP)C(F)(F)F. The Morgan fingerprint density at radius 2 is 1.95 bits per heavy atom. The van der Waals surface area contributed by atoms with Crippen molar-refractivity contribution in [3.8, 4) is 12.3 Å². The lowest BCUT2D eigenvalue weighted by atomic mass is 10.1. The number of aliphatic hydroxyl groups is 1. The van der Waals surface area contributed by atoms with Crippen LogP contribution in [0.25, 0.3) is 0 Å². The molecule has 0 bridgehead atoms. The van der Waals surface area contributed by atoms with Crippen molar-refractivity contribution >= 4 is 26.7 Å². The van der Waals surface area contributed by atoms with Crippen molar-refractivity contribution in [3.05, 3.63) is 28.8 Å². The summed E-state index contributed by atoms with van der Waals surface area (Å²) < 4.78 is 36.8. The van der Waals surface area contributed by atoms with Gasteiger partial charge in [-0.05, 0) is 40.4 Å². The Morgan fingerprint density at radius 3 is 2.27 bits per heavy atom. The lowest BCUT2D eigenvalue weighted by Crippen LogP contribution is -2.20. The Bertz CT molecular complexity index is 499. The standard InChI is InChI=1S/C8H8ClF3NOP.C5H6.C2H6/c9-4-1-2-6(13-15)5(3-4)7(14)8(10,11)12;1-2-5-3-4-5;1-2/h1-3,7,13-14H,15H2;1,5H,3-4H2;1-2H3. The molecule has 2 nitrogen and oxygen atoms in total. The van der Waals surface area contributed by atoms with Gasteiger partial charge in [-0.15, -0.1) is 12.3 Å². The number of halogens is 4. The molecule has 7 heteroatoms. The molecule has 0 radical (unpaired) electrons. The second-order valence-corrected chi connectivity index (χ2v) is 4.99. The van der Waals surface area contributed by atoms with Crippen LogP contribution in [0.15, 0.2) is 18.2 Å². The minimum atomic E-state index is -4.71. The summed E-state index contributed by atoms with van der Waals surface area (Å²) in [5.41, 5.74) is -0.140. The molecule has 2 unspecified atom stereocenters. The monoisotopic (exact) mass is 353 g/mol. The zero-order valence-electron chi connectivity index (χ0n) is 12.4. The highest BCUT2D eigenvalue weighted by Gasteiger charge is 2.40. The molecule has 2 N–H and O–H groups in total. The average Bonchev–Trinajstić information content (AvgIpc) is 3.32. The fraction of sp³-hybridized carbons (Fsp3) is 0.467. The first-order chi connectivity index (χ1) is 10.3. The minimum absolute atomic E-state index is 0.136. The van der Waals surface area contributed by atoms with E-state index < -0.39 is 12.3 Å². The van der Waals surface area contributed by atoms with Gasteiger partial charge in [0.05, 0.1) is 0 Å². The van der Waals surface area contributed by atoms with Gasteiger partial charge in [0.25, 0.3) is 0 Å². The molecule has 0 amide bonds. The Morgan fingerprint density at radius 1 is 1.41 bits per heavy atom. The molecule has 22 heavy (non-hydrogen) atoms. The average molecular weight is 354 g/mol. The molecular weight excluding hydrogens is 334 g/mol. The number of aliphatic hydroxyl groups excluding tert-OH is 1. The molecule has 1 aliphatic carbocycles. The zero-order chi connectivity index (χ0) is 17.3. The van der Waals surface area contributed by atoms with Crippen LogP contribution in [-0.2, 0) is 0 Å². The van der Waals surface area contributed by atoms with Crippen LogP contribution < -0.4 is 5.09 Å². The first kappa shape index (κ1) is 21.0. The summed E-state index contributed by atoms with van der Waals surface area (Å²) in [7, 11) is 2.06. The number of benzene rings is 1. The highest BCUT2D eigenvalue weighted by atomic mass is 35.5. The van der Waals surface area contributed by atoms with Crippen molar-refractivity contribution in [2.24, 2.45) is 5.92 Å². The molecule has 0 aromatic heterocycles. The number of alkyl halides is 3. The molecule has 2 rings (SSSR count). The number of hydrogen-bond acceptors (Lipinski definition) is 2. The smallest absolute Gasteiger partial charge is 0.379 e. The fourth-order valence-electron chi connectivity index (χ4n) is 1.32. The number of anilines is 1. The molecule has 0 saturated heterocycles. The van der Waals surface area contributed by atoms with Crippen molar-refractivity contribution in [1.29, 1.82) is 0 Å². The highest BCUT2D eigenvalue weighted by molar-refractivity contribution is 7.18. The summed E-state index contributed by atoms with van der Waals surface area (Å²) in [6, 6.07) is 3.87. The predicted octanol–water partition coefficient (Wildman–Crippen LogP) is 5.19. The third-order valence-corrected chi connectivity index (χ3v) is 3.13. The van der Waals surface area contributed by atoms with E-state index in [1.807, 2.05) is 13.8 Å². The third-order valence-electron chi connectivity index (χ3n) is 2.59. The Kier molecular flexibility index (Phi) is 9.51. The topological polar surface area (TPSA) is 32.3 Å². The predicted molar refractivity (Wildman–Crippen MR) is 88.7 cm³/mol. The molecule has 1 aromatic rings. The van der Waals surface area contributed by atoms with E-state index >= 15 is 0 Å². The molecule has 2 atom stereocenters. The zero-order valence-corrected chi connectivity index (χ0v) is 14.3. The summed E-state index contributed by atoms with van der Waals surface area (Å²) in [5.74, 6) is 3.30. The van der Waals surface area contributed by atoms with Gasteiger partial charge in [0.15, 0.2) is 6.10 Å². The molecule has 0 heterocycles. The number of terminal acetylenes is 1. The normalized spacial score (nSPS) is 14.5. The van der Waals surface area contributed by atoms with Gasteiger partial charge < -0.3 is 10.2 Å². The van der Waals surface area contributed by atoms with Crippen molar-refractivity contribution in [1.82, 2.24) is 0 Å². The maximum atomic E-state index is 12.3. The quantitative estimate of drug-likeness (QED) is 0.566. The van der Waals surface area contributed by atoms with E-state index in [9.17, 15) is 13.2 Å². The van der Waals surface area contributed by atoms with Crippen LogP contribution in [0.3, 0.4) is 0 Å². The van der Waals surface area contributed by atoms with Crippen molar-refractivity contribution in [2.75, 3.05) is 5.09 Å². The van der Waals surface area contributed by atoms with Crippen LogP contribution in [0, 0.1) is 18.3 Å². The molecule has 1 aromatic carbocycles. The number of rotatable bonds is 2. The number of nitrogens with one attached hydrogen (secondary N) is 1. The minimum Gasteiger partial charge on any atom is -0.379 e. The van der Waals surface area contributed by atoms with Gasteiger partial charge >= 0.3 is 6.18 Å². The Balaban J connectivity index is 0.000000522. The van der Waals surface area contributed by atoms with E-state index in [1.54, 1.807) is 0 Å². The van der Waals surface area contributed by atoms with Crippen LogP contribution in [0.2, 0.25) is 5.02 Å². The summed E-state index contributed by atoms with van der Waals surface area (Å²) >= 11 is 5.55. The van der Waals surface area contributed by atoms with E-state index in [1.165, 1.54) is 25.0 Å². The maximum Gasteiger partial charge on any atom is 0.418 e. The fourth-order valence-corrected chi connectivity index (χ4v) is 1.76. The van der Waals surface area contributed by atoms with Gasteiger partial charge in [0.1, 0.15) is 0 Å². The lowest BCUT2D eigenvalue weighted by molar-refractivity contribution is -0.206. The molecule has 1 aliphatic rings. The second kappa shape index (κ2) is 9.94.